The van der Waals surface area contributed by atoms with E-state index in [1.54, 1.807) is 19.5 Å². The first-order chi connectivity index (χ1) is 9.81. The molecule has 1 saturated heterocycles. The van der Waals surface area contributed by atoms with E-state index in [0.717, 1.165) is 19.6 Å². The van der Waals surface area contributed by atoms with Crippen LogP contribution in [0.25, 0.3) is 0 Å². The Kier molecular flexibility index (Phi) is 5.58. The zero-order valence-electron chi connectivity index (χ0n) is 12.1. The number of methoxy groups -OCH3 is 1. The molecule has 2 aromatic rings. The molecule has 1 unspecified atom stereocenters. The number of aromatic amines is 1. The summed E-state index contributed by atoms with van der Waals surface area (Å²) >= 11 is 0. The summed E-state index contributed by atoms with van der Waals surface area (Å²) in [7, 11) is 3.87. The number of likely N-dealkylation sites (N-methyl/N-ethyl adjacent to an activating group) is 1. The Morgan fingerprint density at radius 2 is 2.05 bits per heavy atom. The first-order valence-electron chi connectivity index (χ1n) is 6.77. The fraction of sp³-hybridized carbons (Fsp3) is 0.400. The lowest BCUT2D eigenvalue weighted by Gasteiger charge is -2.39. The number of H-pyrrole nitrogens is 1. The fourth-order valence-corrected chi connectivity index (χ4v) is 2.16. The predicted molar refractivity (Wildman–Crippen MR) is 80.7 cm³/mol. The number of nitrogens with zero attached hydrogens (tertiary/aromatic N) is 3. The lowest BCUT2D eigenvalue weighted by molar-refractivity contribution is -0.0225. The third-order valence-electron chi connectivity index (χ3n) is 3.38. The van der Waals surface area contributed by atoms with Gasteiger partial charge in [0.15, 0.2) is 0 Å². The largest absolute Gasteiger partial charge is 0.366 e. The fourth-order valence-electron chi connectivity index (χ4n) is 2.16. The van der Waals surface area contributed by atoms with E-state index in [-0.39, 0.29) is 6.23 Å². The van der Waals surface area contributed by atoms with Crippen molar-refractivity contribution < 1.29 is 4.74 Å². The average molecular weight is 274 g/mol. The van der Waals surface area contributed by atoms with Crippen LogP contribution < -0.4 is 4.90 Å². The summed E-state index contributed by atoms with van der Waals surface area (Å²) in [5.74, 6) is 0. The smallest absolute Gasteiger partial charge is 0.127 e. The molecule has 3 heterocycles. The summed E-state index contributed by atoms with van der Waals surface area (Å²) in [5, 5.41) is 0. The van der Waals surface area contributed by atoms with Gasteiger partial charge >= 0.3 is 0 Å². The number of rotatable bonds is 2. The van der Waals surface area contributed by atoms with Gasteiger partial charge in [-0.05, 0) is 25.2 Å². The highest BCUT2D eigenvalue weighted by Gasteiger charge is 2.23. The summed E-state index contributed by atoms with van der Waals surface area (Å²) in [6, 6.07) is 7.81. The highest BCUT2D eigenvalue weighted by molar-refractivity contribution is 5.44. The molecule has 20 heavy (non-hydrogen) atoms. The van der Waals surface area contributed by atoms with Gasteiger partial charge in [0.1, 0.15) is 6.23 Å². The van der Waals surface area contributed by atoms with E-state index in [4.69, 9.17) is 4.74 Å². The van der Waals surface area contributed by atoms with Crippen molar-refractivity contribution in [2.45, 2.75) is 6.23 Å². The number of piperazine rings is 1. The van der Waals surface area contributed by atoms with Crippen LogP contribution in [-0.2, 0) is 4.74 Å². The number of nitrogens with one attached hydrogen (secondary N) is 1. The zero-order chi connectivity index (χ0) is 14.2. The van der Waals surface area contributed by atoms with Crippen LogP contribution in [0.4, 0.5) is 5.69 Å². The number of ether oxygens (including phenoxy) is 1. The summed E-state index contributed by atoms with van der Waals surface area (Å²) in [6.45, 7) is 3.04. The van der Waals surface area contributed by atoms with Gasteiger partial charge in [-0.15, -0.1) is 0 Å². The molecule has 5 nitrogen and oxygen atoms in total. The Labute approximate surface area is 120 Å². The monoisotopic (exact) mass is 274 g/mol. The second-order valence-electron chi connectivity index (χ2n) is 4.71. The molecular formula is C15H22N4O. The second kappa shape index (κ2) is 7.67. The molecule has 1 aliphatic rings. The number of hydrogen-bond donors (Lipinski definition) is 1. The lowest BCUT2D eigenvalue weighted by atomic mass is 10.3. The average Bonchev–Trinajstić information content (AvgIpc) is 3.04. The Balaban J connectivity index is 0.000000205. The Morgan fingerprint density at radius 3 is 2.55 bits per heavy atom. The number of anilines is 1. The molecule has 2 aromatic heterocycles. The second-order valence-corrected chi connectivity index (χ2v) is 4.71. The Bertz CT molecular complexity index is 433. The quantitative estimate of drug-likeness (QED) is 0.907. The summed E-state index contributed by atoms with van der Waals surface area (Å²) < 4.78 is 5.41. The molecular weight excluding hydrogens is 252 g/mol. The maximum Gasteiger partial charge on any atom is 0.127 e. The maximum atomic E-state index is 5.41. The van der Waals surface area contributed by atoms with Crippen LogP contribution in [0.1, 0.15) is 0 Å². The molecule has 0 saturated carbocycles. The number of pyridine rings is 1. The molecule has 0 aliphatic carbocycles. The van der Waals surface area contributed by atoms with Gasteiger partial charge in [0.2, 0.25) is 0 Å². The standard InChI is InChI=1S/C10H17N3O.C5H5N/c1-12-5-6-13(8-10(12)14-2)9-3-4-11-7-9;1-2-4-6-5-3-1/h3-4,7,10-11H,5-6,8H2,1-2H3;1-5H. The molecule has 3 rings (SSSR count). The molecule has 0 aromatic carbocycles. The van der Waals surface area contributed by atoms with Gasteiger partial charge in [-0.25, -0.2) is 0 Å². The first-order valence-corrected chi connectivity index (χ1v) is 6.77. The van der Waals surface area contributed by atoms with Gasteiger partial charge in [-0.2, -0.15) is 0 Å². The molecule has 1 atom stereocenters. The molecule has 0 bridgehead atoms. The molecule has 0 radical (unpaired) electrons. The van der Waals surface area contributed by atoms with Crippen LogP contribution in [0.15, 0.2) is 49.1 Å². The van der Waals surface area contributed by atoms with Crippen molar-refractivity contribution in [3.8, 4) is 0 Å². The minimum absolute atomic E-state index is 0.207. The van der Waals surface area contributed by atoms with E-state index < -0.39 is 0 Å². The van der Waals surface area contributed by atoms with E-state index in [1.165, 1.54) is 5.69 Å². The van der Waals surface area contributed by atoms with Crippen LogP contribution in [0.5, 0.6) is 0 Å². The van der Waals surface area contributed by atoms with Crippen LogP contribution in [0, 0.1) is 0 Å². The molecule has 108 valence electrons. The Hall–Kier alpha value is -1.85. The normalized spacial score (nSPS) is 19.3. The lowest BCUT2D eigenvalue weighted by Crippen LogP contribution is -2.52. The highest BCUT2D eigenvalue weighted by Crippen LogP contribution is 2.17. The minimum atomic E-state index is 0.207. The maximum absolute atomic E-state index is 5.41. The molecule has 1 N–H and O–H groups in total. The van der Waals surface area contributed by atoms with Crippen molar-refractivity contribution in [1.29, 1.82) is 0 Å². The first kappa shape index (κ1) is 14.6. The zero-order valence-corrected chi connectivity index (χ0v) is 12.1. The van der Waals surface area contributed by atoms with Gasteiger partial charge in [0.25, 0.3) is 0 Å². The summed E-state index contributed by atoms with van der Waals surface area (Å²) in [4.78, 5) is 11.4. The van der Waals surface area contributed by atoms with Crippen molar-refractivity contribution in [2.75, 3.05) is 38.7 Å². The van der Waals surface area contributed by atoms with Crippen molar-refractivity contribution in [1.82, 2.24) is 14.9 Å². The molecule has 1 aliphatic heterocycles. The van der Waals surface area contributed by atoms with E-state index in [0.29, 0.717) is 0 Å². The van der Waals surface area contributed by atoms with Gasteiger partial charge in [-0.3, -0.25) is 9.88 Å². The number of hydrogen-bond acceptors (Lipinski definition) is 4. The van der Waals surface area contributed by atoms with E-state index in [2.05, 4.69) is 32.9 Å². The van der Waals surface area contributed by atoms with Gasteiger partial charge < -0.3 is 14.6 Å². The van der Waals surface area contributed by atoms with Crippen molar-refractivity contribution in [2.24, 2.45) is 0 Å². The third-order valence-corrected chi connectivity index (χ3v) is 3.38. The van der Waals surface area contributed by atoms with Gasteiger partial charge in [0.05, 0.1) is 12.2 Å². The summed E-state index contributed by atoms with van der Waals surface area (Å²) in [5.41, 5.74) is 1.25. The van der Waals surface area contributed by atoms with E-state index in [9.17, 15) is 0 Å². The van der Waals surface area contributed by atoms with Crippen LogP contribution >= 0.6 is 0 Å². The van der Waals surface area contributed by atoms with E-state index >= 15 is 0 Å². The van der Waals surface area contributed by atoms with E-state index in [1.807, 2.05) is 30.6 Å². The van der Waals surface area contributed by atoms with Crippen LogP contribution in [-0.4, -0.2) is 54.9 Å². The highest BCUT2D eigenvalue weighted by atomic mass is 16.5. The third kappa shape index (κ3) is 4.08. The van der Waals surface area contributed by atoms with Gasteiger partial charge in [0, 0.05) is 45.0 Å². The SMILES string of the molecule is COC1CN(c2cc[nH]c2)CCN1C.c1ccncc1. The predicted octanol–water partition coefficient (Wildman–Crippen LogP) is 1.82. The van der Waals surface area contributed by atoms with Crippen molar-refractivity contribution in [3.05, 3.63) is 49.1 Å². The Morgan fingerprint density at radius 1 is 1.25 bits per heavy atom. The van der Waals surface area contributed by atoms with Crippen molar-refractivity contribution in [3.63, 3.8) is 0 Å². The topological polar surface area (TPSA) is 44.4 Å². The molecule has 5 heteroatoms. The summed E-state index contributed by atoms with van der Waals surface area (Å²) in [6.07, 6.45) is 7.69. The minimum Gasteiger partial charge on any atom is -0.366 e. The van der Waals surface area contributed by atoms with Crippen LogP contribution in [0.2, 0.25) is 0 Å². The molecule has 0 amide bonds. The molecule has 1 fully saturated rings. The van der Waals surface area contributed by atoms with Crippen LogP contribution in [0.3, 0.4) is 0 Å². The van der Waals surface area contributed by atoms with Gasteiger partial charge in [-0.1, -0.05) is 6.07 Å². The number of aromatic nitrogens is 2. The molecule has 0 spiro atoms. The van der Waals surface area contributed by atoms with Crippen molar-refractivity contribution >= 4 is 5.69 Å².